The molecule has 4 nitrogen and oxygen atoms in total. The number of hydrogen-bond donors (Lipinski definition) is 2. The van der Waals surface area contributed by atoms with Crippen LogP contribution >= 0.6 is 11.6 Å². The van der Waals surface area contributed by atoms with Crippen LogP contribution in [0.5, 0.6) is 5.75 Å². The van der Waals surface area contributed by atoms with E-state index in [1.165, 1.54) is 6.20 Å². The maximum atomic E-state index is 10.7. The third-order valence-electron chi connectivity index (χ3n) is 3.06. The Balaban J connectivity index is 2.48. The summed E-state index contributed by atoms with van der Waals surface area (Å²) in [4.78, 5) is 3.97. The van der Waals surface area contributed by atoms with E-state index in [1.54, 1.807) is 44.4 Å². The number of aliphatic hydroxyl groups is 1. The van der Waals surface area contributed by atoms with Crippen molar-refractivity contribution < 1.29 is 9.84 Å². The third-order valence-corrected chi connectivity index (χ3v) is 3.27. The van der Waals surface area contributed by atoms with E-state index < -0.39 is 5.60 Å². The Morgan fingerprint density at radius 2 is 1.95 bits per heavy atom. The first kappa shape index (κ1) is 13.6. The second kappa shape index (κ2) is 5.07. The minimum atomic E-state index is -1.27. The molecule has 2 rings (SSSR count). The van der Waals surface area contributed by atoms with E-state index in [-0.39, 0.29) is 5.82 Å². The van der Waals surface area contributed by atoms with Gasteiger partial charge in [-0.1, -0.05) is 23.7 Å². The van der Waals surface area contributed by atoms with Crippen LogP contribution in [-0.4, -0.2) is 17.2 Å². The molecule has 1 aromatic carbocycles. The van der Waals surface area contributed by atoms with Crippen LogP contribution in [0.2, 0.25) is 5.02 Å². The summed E-state index contributed by atoms with van der Waals surface area (Å²) < 4.78 is 5.09. The van der Waals surface area contributed by atoms with Gasteiger partial charge in [0.05, 0.1) is 12.1 Å². The molecule has 0 aliphatic rings. The summed E-state index contributed by atoms with van der Waals surface area (Å²) >= 11 is 5.91. The molecule has 1 aromatic heterocycles. The minimum absolute atomic E-state index is 0.255. The lowest BCUT2D eigenvalue weighted by Crippen LogP contribution is -2.24. The highest BCUT2D eigenvalue weighted by atomic mass is 35.5. The molecule has 1 unspecified atom stereocenters. The number of anilines is 1. The molecule has 0 fully saturated rings. The molecular weight excluding hydrogens is 264 g/mol. The van der Waals surface area contributed by atoms with Gasteiger partial charge in [-0.25, -0.2) is 4.98 Å². The number of nitrogens with two attached hydrogens (primary N) is 1. The van der Waals surface area contributed by atoms with Gasteiger partial charge in [-0.2, -0.15) is 0 Å². The molecule has 0 amide bonds. The quantitative estimate of drug-likeness (QED) is 0.905. The topological polar surface area (TPSA) is 68.4 Å². The van der Waals surface area contributed by atoms with Crippen molar-refractivity contribution in [1.29, 1.82) is 0 Å². The average Bonchev–Trinajstić information content (AvgIpc) is 2.41. The van der Waals surface area contributed by atoms with E-state index in [0.29, 0.717) is 16.1 Å². The second-order valence-electron chi connectivity index (χ2n) is 4.39. The standard InChI is InChI=1S/C14H15ClN2O2/c1-14(18,9-3-5-11(19-2)6-4-9)12-7-10(15)8-17-13(12)16/h3-8,18H,1-2H3,(H2,16,17). The van der Waals surface area contributed by atoms with Crippen LogP contribution in [-0.2, 0) is 5.60 Å². The molecule has 0 saturated carbocycles. The smallest absolute Gasteiger partial charge is 0.129 e. The highest BCUT2D eigenvalue weighted by Gasteiger charge is 2.28. The molecular formula is C14H15ClN2O2. The van der Waals surface area contributed by atoms with Gasteiger partial charge in [0, 0.05) is 11.8 Å². The fourth-order valence-corrected chi connectivity index (χ4v) is 2.07. The van der Waals surface area contributed by atoms with Gasteiger partial charge >= 0.3 is 0 Å². The van der Waals surface area contributed by atoms with Crippen LogP contribution in [0.15, 0.2) is 36.5 Å². The Hall–Kier alpha value is -1.78. The maximum absolute atomic E-state index is 10.7. The molecule has 0 saturated heterocycles. The number of methoxy groups -OCH3 is 1. The Labute approximate surface area is 116 Å². The van der Waals surface area contributed by atoms with Crippen LogP contribution in [0, 0.1) is 0 Å². The van der Waals surface area contributed by atoms with Gasteiger partial charge in [0.25, 0.3) is 0 Å². The molecule has 0 bridgehead atoms. The van der Waals surface area contributed by atoms with Gasteiger partial charge in [0.15, 0.2) is 0 Å². The van der Waals surface area contributed by atoms with Crippen molar-refractivity contribution in [2.75, 3.05) is 12.8 Å². The molecule has 0 aliphatic carbocycles. The molecule has 19 heavy (non-hydrogen) atoms. The zero-order chi connectivity index (χ0) is 14.0. The molecule has 0 aliphatic heterocycles. The summed E-state index contributed by atoms with van der Waals surface area (Å²) in [7, 11) is 1.59. The highest BCUT2D eigenvalue weighted by Crippen LogP contribution is 2.34. The van der Waals surface area contributed by atoms with E-state index in [1.807, 2.05) is 0 Å². The van der Waals surface area contributed by atoms with Crippen molar-refractivity contribution in [1.82, 2.24) is 4.98 Å². The fourth-order valence-electron chi connectivity index (χ4n) is 1.91. The SMILES string of the molecule is COc1ccc(C(C)(O)c2cc(Cl)cnc2N)cc1. The molecule has 1 heterocycles. The zero-order valence-electron chi connectivity index (χ0n) is 10.7. The van der Waals surface area contributed by atoms with Crippen LogP contribution < -0.4 is 10.5 Å². The van der Waals surface area contributed by atoms with Crippen molar-refractivity contribution in [2.45, 2.75) is 12.5 Å². The van der Waals surface area contributed by atoms with Crippen LogP contribution in [0.1, 0.15) is 18.1 Å². The van der Waals surface area contributed by atoms with Crippen molar-refractivity contribution in [2.24, 2.45) is 0 Å². The fraction of sp³-hybridized carbons (Fsp3) is 0.214. The number of nitrogen functional groups attached to an aromatic ring is 1. The molecule has 2 aromatic rings. The van der Waals surface area contributed by atoms with Gasteiger partial charge in [0.1, 0.15) is 17.2 Å². The molecule has 100 valence electrons. The first-order chi connectivity index (χ1) is 8.95. The zero-order valence-corrected chi connectivity index (χ0v) is 11.5. The number of benzene rings is 1. The van der Waals surface area contributed by atoms with E-state index >= 15 is 0 Å². The second-order valence-corrected chi connectivity index (χ2v) is 4.82. The van der Waals surface area contributed by atoms with E-state index in [9.17, 15) is 5.11 Å². The number of ether oxygens (including phenoxy) is 1. The lowest BCUT2D eigenvalue weighted by atomic mass is 9.88. The molecule has 0 spiro atoms. The predicted octanol–water partition coefficient (Wildman–Crippen LogP) is 2.58. The first-order valence-corrected chi connectivity index (χ1v) is 6.11. The van der Waals surface area contributed by atoms with Gasteiger partial charge in [-0.3, -0.25) is 0 Å². The average molecular weight is 279 g/mol. The minimum Gasteiger partial charge on any atom is -0.497 e. The van der Waals surface area contributed by atoms with Crippen molar-refractivity contribution in [3.05, 3.63) is 52.7 Å². The number of rotatable bonds is 3. The lowest BCUT2D eigenvalue weighted by molar-refractivity contribution is 0.103. The van der Waals surface area contributed by atoms with Gasteiger partial charge in [-0.15, -0.1) is 0 Å². The van der Waals surface area contributed by atoms with Crippen LogP contribution in [0.25, 0.3) is 0 Å². The highest BCUT2D eigenvalue weighted by molar-refractivity contribution is 6.30. The largest absolute Gasteiger partial charge is 0.497 e. The summed E-state index contributed by atoms with van der Waals surface area (Å²) in [5.41, 5.74) is 5.71. The lowest BCUT2D eigenvalue weighted by Gasteiger charge is -2.25. The van der Waals surface area contributed by atoms with Crippen molar-refractivity contribution in [3.63, 3.8) is 0 Å². The number of nitrogens with zero attached hydrogens (tertiary/aromatic N) is 1. The molecule has 3 N–H and O–H groups in total. The monoisotopic (exact) mass is 278 g/mol. The van der Waals surface area contributed by atoms with Crippen LogP contribution in [0.3, 0.4) is 0 Å². The number of halogens is 1. The summed E-state index contributed by atoms with van der Waals surface area (Å²) in [6.07, 6.45) is 1.45. The molecule has 1 atom stereocenters. The van der Waals surface area contributed by atoms with Gasteiger partial charge in [-0.05, 0) is 30.7 Å². The van der Waals surface area contributed by atoms with E-state index in [0.717, 1.165) is 5.75 Å². The Morgan fingerprint density at radius 1 is 1.32 bits per heavy atom. The Morgan fingerprint density at radius 3 is 2.53 bits per heavy atom. The normalized spacial score (nSPS) is 13.9. The number of aromatic nitrogens is 1. The molecule has 0 radical (unpaired) electrons. The first-order valence-electron chi connectivity index (χ1n) is 5.73. The third kappa shape index (κ3) is 2.64. The Bertz CT molecular complexity index is 582. The van der Waals surface area contributed by atoms with E-state index in [4.69, 9.17) is 22.1 Å². The summed E-state index contributed by atoms with van der Waals surface area (Å²) in [6, 6.07) is 8.72. The summed E-state index contributed by atoms with van der Waals surface area (Å²) in [5.74, 6) is 0.974. The predicted molar refractivity (Wildman–Crippen MR) is 75.3 cm³/mol. The van der Waals surface area contributed by atoms with E-state index in [2.05, 4.69) is 4.98 Å². The Kier molecular flexibility index (Phi) is 3.64. The molecule has 5 heteroatoms. The van der Waals surface area contributed by atoms with Gasteiger partial charge < -0.3 is 15.6 Å². The van der Waals surface area contributed by atoms with Crippen LogP contribution in [0.4, 0.5) is 5.82 Å². The number of hydrogen-bond acceptors (Lipinski definition) is 4. The van der Waals surface area contributed by atoms with Crippen molar-refractivity contribution in [3.8, 4) is 5.75 Å². The summed E-state index contributed by atoms with van der Waals surface area (Å²) in [5, 5.41) is 11.1. The van der Waals surface area contributed by atoms with Gasteiger partial charge in [0.2, 0.25) is 0 Å². The summed E-state index contributed by atoms with van der Waals surface area (Å²) in [6.45, 7) is 1.65. The maximum Gasteiger partial charge on any atom is 0.129 e. The van der Waals surface area contributed by atoms with Crippen molar-refractivity contribution >= 4 is 17.4 Å². The number of pyridine rings is 1.